The average molecular weight is 313 g/mol. The van der Waals surface area contributed by atoms with Gasteiger partial charge < -0.3 is 14.4 Å². The lowest BCUT2D eigenvalue weighted by molar-refractivity contribution is 0.0697. The molecule has 0 fully saturated rings. The highest BCUT2D eigenvalue weighted by atomic mass is 19.1. The van der Waals surface area contributed by atoms with Gasteiger partial charge in [-0.1, -0.05) is 18.2 Å². The summed E-state index contributed by atoms with van der Waals surface area (Å²) in [5.41, 5.74) is 1.94. The maximum Gasteiger partial charge on any atom is 0.335 e. The third-order valence-corrected chi connectivity index (χ3v) is 3.77. The number of rotatable bonds is 5. The maximum absolute atomic E-state index is 13.6. The van der Waals surface area contributed by atoms with Gasteiger partial charge in [0.1, 0.15) is 6.61 Å². The first-order chi connectivity index (χ1) is 11.1. The second kappa shape index (κ2) is 6.12. The molecule has 0 amide bonds. The number of nitrogens with zero attached hydrogens (tertiary/aromatic N) is 1. The molecule has 118 valence electrons. The molecule has 0 saturated heterocycles. The third-order valence-electron chi connectivity index (χ3n) is 3.77. The normalized spacial score (nSPS) is 10.9. The van der Waals surface area contributed by atoms with Gasteiger partial charge in [0.25, 0.3) is 0 Å². The standard InChI is InChI=1S/C18H16FNO3/c1-2-20-14(11-23-17-6-4-3-5-15(17)19)9-12-7-8-13(18(21)22)10-16(12)20/h3-10H,2,11H2,1H3,(H,21,22). The summed E-state index contributed by atoms with van der Waals surface area (Å²) in [4.78, 5) is 11.1. The van der Waals surface area contributed by atoms with Crippen LogP contribution in [-0.4, -0.2) is 15.6 Å². The number of para-hydroxylation sites is 1. The zero-order valence-corrected chi connectivity index (χ0v) is 12.6. The van der Waals surface area contributed by atoms with E-state index < -0.39 is 11.8 Å². The zero-order chi connectivity index (χ0) is 16.4. The van der Waals surface area contributed by atoms with Gasteiger partial charge >= 0.3 is 5.97 Å². The quantitative estimate of drug-likeness (QED) is 0.772. The monoisotopic (exact) mass is 313 g/mol. The Hall–Kier alpha value is -2.82. The van der Waals surface area contributed by atoms with Crippen LogP contribution in [0.5, 0.6) is 5.75 Å². The molecule has 1 N–H and O–H groups in total. The van der Waals surface area contributed by atoms with E-state index in [1.807, 2.05) is 17.6 Å². The van der Waals surface area contributed by atoms with Gasteiger partial charge in [0.15, 0.2) is 11.6 Å². The van der Waals surface area contributed by atoms with Crippen LogP contribution in [-0.2, 0) is 13.2 Å². The first kappa shape index (κ1) is 15.1. The number of fused-ring (bicyclic) bond motifs is 1. The van der Waals surface area contributed by atoms with Crippen molar-refractivity contribution in [3.8, 4) is 5.75 Å². The van der Waals surface area contributed by atoms with Crippen LogP contribution in [0, 0.1) is 5.82 Å². The third kappa shape index (κ3) is 2.90. The van der Waals surface area contributed by atoms with E-state index in [0.29, 0.717) is 6.54 Å². The molecule has 0 radical (unpaired) electrons. The van der Waals surface area contributed by atoms with Crippen molar-refractivity contribution in [1.82, 2.24) is 4.57 Å². The summed E-state index contributed by atoms with van der Waals surface area (Å²) in [6.45, 7) is 2.86. The SMILES string of the molecule is CCn1c(COc2ccccc2F)cc2ccc(C(=O)O)cc21. The van der Waals surface area contributed by atoms with Crippen LogP contribution in [0.1, 0.15) is 23.0 Å². The van der Waals surface area contributed by atoms with E-state index in [9.17, 15) is 9.18 Å². The first-order valence-corrected chi connectivity index (χ1v) is 7.33. The maximum atomic E-state index is 13.6. The lowest BCUT2D eigenvalue weighted by Crippen LogP contribution is -2.05. The molecule has 5 heteroatoms. The largest absolute Gasteiger partial charge is 0.484 e. The van der Waals surface area contributed by atoms with E-state index in [4.69, 9.17) is 9.84 Å². The molecular weight excluding hydrogens is 297 g/mol. The number of benzene rings is 2. The summed E-state index contributed by atoms with van der Waals surface area (Å²) in [6.07, 6.45) is 0. The number of aryl methyl sites for hydroxylation is 1. The van der Waals surface area contributed by atoms with Crippen molar-refractivity contribution in [2.45, 2.75) is 20.1 Å². The number of carbonyl (C=O) groups is 1. The highest BCUT2D eigenvalue weighted by Crippen LogP contribution is 2.24. The Morgan fingerprint density at radius 3 is 2.70 bits per heavy atom. The Kier molecular flexibility index (Phi) is 4.02. The Labute approximate surface area is 132 Å². The second-order valence-corrected chi connectivity index (χ2v) is 5.18. The number of carboxylic acids is 1. The van der Waals surface area contributed by atoms with Crippen molar-refractivity contribution >= 4 is 16.9 Å². The van der Waals surface area contributed by atoms with Crippen molar-refractivity contribution in [2.24, 2.45) is 0 Å². The average Bonchev–Trinajstić information content (AvgIpc) is 2.90. The molecular formula is C18H16FNO3. The topological polar surface area (TPSA) is 51.5 Å². The highest BCUT2D eigenvalue weighted by molar-refractivity contribution is 5.93. The summed E-state index contributed by atoms with van der Waals surface area (Å²) >= 11 is 0. The Bertz CT molecular complexity index is 870. The molecule has 1 heterocycles. The highest BCUT2D eigenvalue weighted by Gasteiger charge is 2.12. The van der Waals surface area contributed by atoms with Gasteiger partial charge in [-0.25, -0.2) is 9.18 Å². The molecule has 3 rings (SSSR count). The van der Waals surface area contributed by atoms with Crippen molar-refractivity contribution in [3.05, 3.63) is 65.6 Å². The molecule has 1 aromatic heterocycles. The van der Waals surface area contributed by atoms with Gasteiger partial charge in [-0.15, -0.1) is 0 Å². The van der Waals surface area contributed by atoms with E-state index in [0.717, 1.165) is 16.6 Å². The predicted molar refractivity (Wildman–Crippen MR) is 85.3 cm³/mol. The lowest BCUT2D eigenvalue weighted by atomic mass is 10.1. The Morgan fingerprint density at radius 1 is 1.22 bits per heavy atom. The summed E-state index contributed by atoms with van der Waals surface area (Å²) in [5, 5.41) is 10.1. The number of carboxylic acid groups (broad SMARTS) is 1. The molecule has 0 unspecified atom stereocenters. The minimum absolute atomic E-state index is 0.201. The van der Waals surface area contributed by atoms with Crippen molar-refractivity contribution in [2.75, 3.05) is 0 Å². The van der Waals surface area contributed by atoms with Gasteiger partial charge in [-0.2, -0.15) is 0 Å². The van der Waals surface area contributed by atoms with Gasteiger partial charge in [0, 0.05) is 17.4 Å². The van der Waals surface area contributed by atoms with Gasteiger partial charge in [0.05, 0.1) is 11.3 Å². The first-order valence-electron chi connectivity index (χ1n) is 7.33. The molecule has 0 aliphatic heterocycles. The van der Waals surface area contributed by atoms with Crippen molar-refractivity contribution < 1.29 is 19.0 Å². The number of halogens is 1. The number of ether oxygens (including phenoxy) is 1. The smallest absolute Gasteiger partial charge is 0.335 e. The number of aromatic nitrogens is 1. The van der Waals surface area contributed by atoms with Crippen LogP contribution < -0.4 is 4.74 Å². The summed E-state index contributed by atoms with van der Waals surface area (Å²) in [7, 11) is 0. The molecule has 0 spiro atoms. The van der Waals surface area contributed by atoms with E-state index in [2.05, 4.69) is 0 Å². The van der Waals surface area contributed by atoms with E-state index in [1.165, 1.54) is 6.07 Å². The van der Waals surface area contributed by atoms with E-state index in [1.54, 1.807) is 36.4 Å². The molecule has 23 heavy (non-hydrogen) atoms. The molecule has 2 aromatic carbocycles. The van der Waals surface area contributed by atoms with Crippen molar-refractivity contribution in [1.29, 1.82) is 0 Å². The fourth-order valence-corrected chi connectivity index (χ4v) is 2.65. The van der Waals surface area contributed by atoms with Crippen LogP contribution in [0.4, 0.5) is 4.39 Å². The van der Waals surface area contributed by atoms with Crippen LogP contribution in [0.3, 0.4) is 0 Å². The molecule has 4 nitrogen and oxygen atoms in total. The van der Waals surface area contributed by atoms with E-state index >= 15 is 0 Å². The lowest BCUT2D eigenvalue weighted by Gasteiger charge is -2.10. The summed E-state index contributed by atoms with van der Waals surface area (Å²) in [6, 6.07) is 13.2. The van der Waals surface area contributed by atoms with Gasteiger partial charge in [0.2, 0.25) is 0 Å². The molecule has 0 aliphatic carbocycles. The zero-order valence-electron chi connectivity index (χ0n) is 12.6. The molecule has 0 atom stereocenters. The van der Waals surface area contributed by atoms with Crippen LogP contribution >= 0.6 is 0 Å². The number of hydrogen-bond donors (Lipinski definition) is 1. The van der Waals surface area contributed by atoms with Crippen LogP contribution in [0.15, 0.2) is 48.5 Å². The molecule has 0 bridgehead atoms. The molecule has 0 saturated carbocycles. The summed E-state index contributed by atoms with van der Waals surface area (Å²) < 4.78 is 21.2. The van der Waals surface area contributed by atoms with Crippen LogP contribution in [0.25, 0.3) is 10.9 Å². The Balaban J connectivity index is 1.94. The minimum atomic E-state index is -0.958. The predicted octanol–water partition coefficient (Wildman–Crippen LogP) is 4.08. The molecule has 0 aliphatic rings. The Morgan fingerprint density at radius 2 is 2.00 bits per heavy atom. The fourth-order valence-electron chi connectivity index (χ4n) is 2.65. The fraction of sp³-hybridized carbons (Fsp3) is 0.167. The minimum Gasteiger partial charge on any atom is -0.484 e. The van der Waals surface area contributed by atoms with E-state index in [-0.39, 0.29) is 17.9 Å². The van der Waals surface area contributed by atoms with Crippen molar-refractivity contribution in [3.63, 3.8) is 0 Å². The van der Waals surface area contributed by atoms with Crippen LogP contribution in [0.2, 0.25) is 0 Å². The number of aromatic carboxylic acids is 1. The number of hydrogen-bond acceptors (Lipinski definition) is 2. The second-order valence-electron chi connectivity index (χ2n) is 5.18. The summed E-state index contributed by atoms with van der Waals surface area (Å²) in [5.74, 6) is -1.16. The van der Waals surface area contributed by atoms with Gasteiger partial charge in [-0.05, 0) is 37.3 Å². The molecule has 3 aromatic rings. The van der Waals surface area contributed by atoms with Gasteiger partial charge in [-0.3, -0.25) is 0 Å².